The Morgan fingerprint density at radius 1 is 1.29 bits per heavy atom. The van der Waals surface area contributed by atoms with Crippen LogP contribution < -0.4 is 9.44 Å². The van der Waals surface area contributed by atoms with Crippen molar-refractivity contribution in [2.24, 2.45) is 11.3 Å². The monoisotopic (exact) mass is 266 g/mol. The van der Waals surface area contributed by atoms with Crippen LogP contribution in [-0.4, -0.2) is 32.1 Å². The van der Waals surface area contributed by atoms with Crippen molar-refractivity contribution in [1.82, 2.24) is 9.44 Å². The van der Waals surface area contributed by atoms with E-state index in [-0.39, 0.29) is 12.5 Å². The zero-order chi connectivity index (χ0) is 13.9. The molecular weight excluding hydrogens is 244 g/mol. The van der Waals surface area contributed by atoms with Crippen LogP contribution in [-0.2, 0) is 15.0 Å². The molecule has 0 aliphatic heterocycles. The van der Waals surface area contributed by atoms with Crippen LogP contribution in [0.15, 0.2) is 0 Å². The number of hydrogen-bond acceptors (Lipinski definition) is 3. The lowest BCUT2D eigenvalue weighted by molar-refractivity contribution is -0.141. The number of carboxylic acids is 1. The number of carbonyl (C=O) groups is 1. The van der Waals surface area contributed by atoms with Gasteiger partial charge in [0.1, 0.15) is 6.04 Å². The zero-order valence-electron chi connectivity index (χ0n) is 10.9. The van der Waals surface area contributed by atoms with Crippen molar-refractivity contribution in [2.45, 2.75) is 40.7 Å². The van der Waals surface area contributed by atoms with E-state index in [9.17, 15) is 13.2 Å². The van der Waals surface area contributed by atoms with Gasteiger partial charge in [0.25, 0.3) is 10.2 Å². The van der Waals surface area contributed by atoms with Gasteiger partial charge in [-0.05, 0) is 11.3 Å². The van der Waals surface area contributed by atoms with Crippen LogP contribution in [0.4, 0.5) is 0 Å². The fourth-order valence-electron chi connectivity index (χ4n) is 1.07. The summed E-state index contributed by atoms with van der Waals surface area (Å²) in [6, 6.07) is -1.16. The van der Waals surface area contributed by atoms with Crippen LogP contribution in [0.2, 0.25) is 0 Å². The average Bonchev–Trinajstić information content (AvgIpc) is 2.09. The van der Waals surface area contributed by atoms with Crippen molar-refractivity contribution in [2.75, 3.05) is 6.54 Å². The Kier molecular flexibility index (Phi) is 5.57. The molecule has 0 saturated heterocycles. The summed E-state index contributed by atoms with van der Waals surface area (Å²) in [5, 5.41) is 8.99. The Morgan fingerprint density at radius 3 is 2.06 bits per heavy atom. The fourth-order valence-corrected chi connectivity index (χ4v) is 2.47. The van der Waals surface area contributed by atoms with Gasteiger partial charge in [-0.15, -0.1) is 0 Å². The molecule has 0 bridgehead atoms. The number of rotatable bonds is 6. The second-order valence-corrected chi connectivity index (χ2v) is 7.03. The van der Waals surface area contributed by atoms with Crippen LogP contribution in [0.25, 0.3) is 0 Å². The van der Waals surface area contributed by atoms with Crippen LogP contribution in [0.5, 0.6) is 0 Å². The SMILES string of the molecule is CC(C)CNS(=O)(=O)N[C@H](C(=O)O)C(C)(C)C. The largest absolute Gasteiger partial charge is 0.480 e. The van der Waals surface area contributed by atoms with Gasteiger partial charge in [0.05, 0.1) is 0 Å². The van der Waals surface area contributed by atoms with Crippen molar-refractivity contribution in [3.8, 4) is 0 Å². The van der Waals surface area contributed by atoms with Crippen LogP contribution in [0, 0.1) is 11.3 Å². The molecule has 1 atom stereocenters. The highest BCUT2D eigenvalue weighted by Crippen LogP contribution is 2.19. The molecule has 0 heterocycles. The van der Waals surface area contributed by atoms with Crippen LogP contribution in [0.3, 0.4) is 0 Å². The molecule has 17 heavy (non-hydrogen) atoms. The summed E-state index contributed by atoms with van der Waals surface area (Å²) in [6.45, 7) is 8.98. The first kappa shape index (κ1) is 16.3. The molecule has 7 heteroatoms. The predicted molar refractivity (Wildman–Crippen MR) is 65.8 cm³/mol. The molecule has 0 unspecified atom stereocenters. The molecule has 0 spiro atoms. The second-order valence-electron chi connectivity index (χ2n) is 5.50. The number of aliphatic carboxylic acids is 1. The lowest BCUT2D eigenvalue weighted by Gasteiger charge is -2.27. The number of nitrogens with one attached hydrogen (secondary N) is 2. The molecular formula is C10H22N2O4S. The molecule has 0 radical (unpaired) electrons. The van der Waals surface area contributed by atoms with Crippen molar-refractivity contribution < 1.29 is 18.3 Å². The predicted octanol–water partition coefficient (Wildman–Crippen LogP) is 0.566. The summed E-state index contributed by atoms with van der Waals surface area (Å²) in [5.74, 6) is -1.03. The molecule has 0 aromatic heterocycles. The zero-order valence-corrected chi connectivity index (χ0v) is 11.8. The van der Waals surface area contributed by atoms with Crippen molar-refractivity contribution >= 4 is 16.2 Å². The highest BCUT2D eigenvalue weighted by molar-refractivity contribution is 7.87. The second kappa shape index (κ2) is 5.79. The van der Waals surface area contributed by atoms with Crippen molar-refractivity contribution in [3.05, 3.63) is 0 Å². The molecule has 0 aliphatic rings. The van der Waals surface area contributed by atoms with E-state index in [2.05, 4.69) is 9.44 Å². The topological polar surface area (TPSA) is 95.5 Å². The molecule has 0 aromatic rings. The van der Waals surface area contributed by atoms with Gasteiger partial charge in [-0.3, -0.25) is 4.79 Å². The molecule has 0 aliphatic carbocycles. The van der Waals surface area contributed by atoms with Gasteiger partial charge in [0, 0.05) is 6.54 Å². The van der Waals surface area contributed by atoms with Gasteiger partial charge < -0.3 is 5.11 Å². The van der Waals surface area contributed by atoms with E-state index in [1.165, 1.54) is 0 Å². The first-order valence-electron chi connectivity index (χ1n) is 5.45. The van der Waals surface area contributed by atoms with E-state index in [1.807, 2.05) is 13.8 Å². The molecule has 0 rings (SSSR count). The Balaban J connectivity index is 4.72. The number of carboxylic acid groups (broad SMARTS) is 1. The molecule has 0 aromatic carbocycles. The van der Waals surface area contributed by atoms with E-state index in [0.29, 0.717) is 0 Å². The van der Waals surface area contributed by atoms with Crippen LogP contribution >= 0.6 is 0 Å². The van der Waals surface area contributed by atoms with Gasteiger partial charge in [-0.25, -0.2) is 4.72 Å². The standard InChI is InChI=1S/C10H22N2O4S/c1-7(2)6-11-17(15,16)12-8(9(13)14)10(3,4)5/h7-8,11-12H,6H2,1-5H3,(H,13,14)/t8-/m1/s1. The minimum Gasteiger partial charge on any atom is -0.480 e. The summed E-state index contributed by atoms with van der Waals surface area (Å²) >= 11 is 0. The van der Waals surface area contributed by atoms with E-state index in [1.54, 1.807) is 20.8 Å². The first-order valence-corrected chi connectivity index (χ1v) is 6.94. The number of hydrogen-bond donors (Lipinski definition) is 3. The van der Waals surface area contributed by atoms with Crippen molar-refractivity contribution in [1.29, 1.82) is 0 Å². The third-order valence-corrected chi connectivity index (χ3v) is 3.16. The quantitative estimate of drug-likeness (QED) is 0.655. The smallest absolute Gasteiger partial charge is 0.322 e. The maximum Gasteiger partial charge on any atom is 0.322 e. The van der Waals surface area contributed by atoms with Gasteiger partial charge in [0.15, 0.2) is 0 Å². The van der Waals surface area contributed by atoms with Crippen LogP contribution in [0.1, 0.15) is 34.6 Å². The Labute approximate surface area is 103 Å². The van der Waals surface area contributed by atoms with E-state index < -0.39 is 27.6 Å². The van der Waals surface area contributed by atoms with Gasteiger partial charge in [0.2, 0.25) is 0 Å². The molecule has 0 fully saturated rings. The Bertz CT molecular complexity index is 357. The lowest BCUT2D eigenvalue weighted by atomic mass is 9.88. The van der Waals surface area contributed by atoms with Gasteiger partial charge in [-0.1, -0.05) is 34.6 Å². The van der Waals surface area contributed by atoms with E-state index in [0.717, 1.165) is 0 Å². The minimum atomic E-state index is -3.78. The normalized spacial score (nSPS) is 14.9. The third kappa shape index (κ3) is 6.60. The lowest BCUT2D eigenvalue weighted by Crippen LogP contribution is -2.52. The highest BCUT2D eigenvalue weighted by Gasteiger charge is 2.34. The minimum absolute atomic E-state index is 0.157. The van der Waals surface area contributed by atoms with Gasteiger partial charge >= 0.3 is 5.97 Å². The molecule has 0 amide bonds. The van der Waals surface area contributed by atoms with E-state index >= 15 is 0 Å². The summed E-state index contributed by atoms with van der Waals surface area (Å²) in [7, 11) is -3.78. The first-order chi connectivity index (χ1) is 7.46. The Hall–Kier alpha value is -0.660. The summed E-state index contributed by atoms with van der Waals surface area (Å²) < 4.78 is 27.7. The summed E-state index contributed by atoms with van der Waals surface area (Å²) in [5.41, 5.74) is -0.696. The van der Waals surface area contributed by atoms with E-state index in [4.69, 9.17) is 5.11 Å². The molecule has 0 saturated carbocycles. The fraction of sp³-hybridized carbons (Fsp3) is 0.900. The molecule has 3 N–H and O–H groups in total. The van der Waals surface area contributed by atoms with Crippen molar-refractivity contribution in [3.63, 3.8) is 0 Å². The summed E-state index contributed by atoms with van der Waals surface area (Å²) in [6.07, 6.45) is 0. The Morgan fingerprint density at radius 2 is 1.76 bits per heavy atom. The molecule has 102 valence electrons. The summed E-state index contributed by atoms with van der Waals surface area (Å²) in [4.78, 5) is 11.0. The highest BCUT2D eigenvalue weighted by atomic mass is 32.2. The maximum atomic E-state index is 11.6. The average molecular weight is 266 g/mol. The maximum absolute atomic E-state index is 11.6. The third-order valence-electron chi connectivity index (χ3n) is 2.07. The molecule has 6 nitrogen and oxygen atoms in total. The van der Waals surface area contributed by atoms with Gasteiger partial charge in [-0.2, -0.15) is 13.1 Å².